The van der Waals surface area contributed by atoms with Crippen LogP contribution in [0.4, 0.5) is 0 Å². The van der Waals surface area contributed by atoms with E-state index in [4.69, 9.17) is 0 Å². The highest BCUT2D eigenvalue weighted by atomic mass is 79.9. The zero-order valence-corrected chi connectivity index (χ0v) is 17.0. The van der Waals surface area contributed by atoms with Gasteiger partial charge in [-0.15, -0.1) is 0 Å². The van der Waals surface area contributed by atoms with E-state index in [-0.39, 0.29) is 0 Å². The number of fused-ring (bicyclic) bond motifs is 4. The maximum absolute atomic E-state index is 4.25. The lowest BCUT2D eigenvalue weighted by Gasteiger charge is -2.65. The van der Waals surface area contributed by atoms with Crippen molar-refractivity contribution in [3.05, 3.63) is 0 Å². The molecule has 0 aromatic rings. The molecule has 0 unspecified atom stereocenters. The Morgan fingerprint density at radius 1 is 0.727 bits per heavy atom. The highest BCUT2D eigenvalue weighted by Gasteiger charge is 2.62. The first-order valence-corrected chi connectivity index (χ1v) is 10.7. The van der Waals surface area contributed by atoms with Crippen LogP contribution in [0.25, 0.3) is 0 Å². The quantitative estimate of drug-likeness (QED) is 0.489. The standard InChI is InChI=1S/C20H34BBr/c1-11-15-7-13(19(15,3)4)9-17(11)21(22)18-10-14-8-16(12(18)2)20(14,5)6/h11-18H,7-10H2,1-6H3/t11-,12-,13+,14+,15+,16+,17+,18+/m0/s1. The Kier molecular flexibility index (Phi) is 3.50. The molecule has 6 saturated carbocycles. The Balaban J connectivity index is 1.49. The molecule has 124 valence electrons. The fourth-order valence-corrected chi connectivity index (χ4v) is 8.93. The van der Waals surface area contributed by atoms with Gasteiger partial charge in [-0.2, -0.15) is 15.8 Å². The minimum Gasteiger partial charge on any atom is -0.156 e. The van der Waals surface area contributed by atoms with Crippen molar-refractivity contribution in [2.75, 3.05) is 0 Å². The van der Waals surface area contributed by atoms with E-state index in [1.165, 1.54) is 25.7 Å². The monoisotopic (exact) mass is 364 g/mol. The van der Waals surface area contributed by atoms with Crippen molar-refractivity contribution in [3.8, 4) is 0 Å². The summed E-state index contributed by atoms with van der Waals surface area (Å²) in [7, 11) is 0. The fraction of sp³-hybridized carbons (Fsp3) is 1.00. The molecule has 6 rings (SSSR count). The fourth-order valence-electron chi connectivity index (χ4n) is 7.54. The molecular formula is C20H34BBr. The number of halogens is 1. The third-order valence-electron chi connectivity index (χ3n) is 9.64. The molecule has 6 fully saturated rings. The van der Waals surface area contributed by atoms with Gasteiger partial charge in [0.15, 0.2) is 0 Å². The van der Waals surface area contributed by atoms with Crippen LogP contribution in [-0.2, 0) is 0 Å². The van der Waals surface area contributed by atoms with Gasteiger partial charge in [-0.25, -0.2) is 0 Å². The highest BCUT2D eigenvalue weighted by Crippen LogP contribution is 2.69. The Labute approximate surface area is 146 Å². The summed E-state index contributed by atoms with van der Waals surface area (Å²) in [5, 5.41) is 0. The minimum absolute atomic E-state index is 0.630. The van der Waals surface area contributed by atoms with Crippen molar-refractivity contribution in [2.24, 2.45) is 46.3 Å². The molecule has 8 atom stereocenters. The van der Waals surface area contributed by atoms with Crippen LogP contribution in [0.1, 0.15) is 67.2 Å². The summed E-state index contributed by atoms with van der Waals surface area (Å²) < 4.78 is 0. The lowest BCUT2D eigenvalue weighted by atomic mass is 9.30. The molecule has 0 N–H and O–H groups in total. The third-order valence-corrected chi connectivity index (χ3v) is 11.0. The van der Waals surface area contributed by atoms with Crippen molar-refractivity contribution in [1.29, 1.82) is 0 Å². The molecule has 2 heteroatoms. The van der Waals surface area contributed by atoms with E-state index in [0.717, 1.165) is 52.7 Å². The van der Waals surface area contributed by atoms with Gasteiger partial charge >= 0.3 is 0 Å². The first-order chi connectivity index (χ1) is 10.2. The van der Waals surface area contributed by atoms with E-state index >= 15 is 0 Å². The molecule has 0 nitrogen and oxygen atoms in total. The van der Waals surface area contributed by atoms with Crippen molar-refractivity contribution in [3.63, 3.8) is 0 Å². The predicted molar refractivity (Wildman–Crippen MR) is 100 cm³/mol. The predicted octanol–water partition coefficient (Wildman–Crippen LogP) is 6.52. The Morgan fingerprint density at radius 3 is 1.36 bits per heavy atom. The molecule has 0 spiro atoms. The minimum atomic E-state index is 0.630. The van der Waals surface area contributed by atoms with Gasteiger partial charge in [0, 0.05) is 0 Å². The molecule has 6 aliphatic rings. The smallest absolute Gasteiger partial charge is 0.156 e. The summed E-state index contributed by atoms with van der Waals surface area (Å²) in [4.78, 5) is 0. The van der Waals surface area contributed by atoms with Crippen LogP contribution in [-0.4, -0.2) is 5.54 Å². The van der Waals surface area contributed by atoms with Gasteiger partial charge in [0.05, 0.1) is 0 Å². The van der Waals surface area contributed by atoms with Crippen LogP contribution in [0.3, 0.4) is 0 Å². The molecule has 6 aliphatic carbocycles. The summed E-state index contributed by atoms with van der Waals surface area (Å²) in [6, 6.07) is 0. The zero-order valence-electron chi connectivity index (χ0n) is 15.4. The zero-order chi connectivity index (χ0) is 16.0. The summed E-state index contributed by atoms with van der Waals surface area (Å²) in [5.74, 6) is 7.69. The Morgan fingerprint density at radius 2 is 1.09 bits per heavy atom. The molecule has 0 heterocycles. The van der Waals surface area contributed by atoms with Crippen LogP contribution in [0, 0.1) is 46.3 Å². The van der Waals surface area contributed by atoms with E-state index in [9.17, 15) is 0 Å². The van der Waals surface area contributed by atoms with Gasteiger partial charge in [0.1, 0.15) is 0 Å². The number of rotatable bonds is 2. The molecular weight excluding hydrogens is 331 g/mol. The van der Waals surface area contributed by atoms with Crippen LogP contribution in [0.5, 0.6) is 0 Å². The van der Waals surface area contributed by atoms with E-state index in [1.54, 1.807) is 0 Å². The first-order valence-electron chi connectivity index (χ1n) is 9.79. The van der Waals surface area contributed by atoms with Gasteiger partial charge < -0.3 is 0 Å². The van der Waals surface area contributed by atoms with Gasteiger partial charge in [-0.3, -0.25) is 0 Å². The van der Waals surface area contributed by atoms with Gasteiger partial charge in [0.25, 0.3) is 0 Å². The van der Waals surface area contributed by atoms with Gasteiger partial charge in [-0.05, 0) is 70.8 Å². The van der Waals surface area contributed by atoms with E-state index < -0.39 is 0 Å². The Hall–Kier alpha value is 0.545. The van der Waals surface area contributed by atoms with Crippen molar-refractivity contribution < 1.29 is 0 Å². The number of hydrogen-bond donors (Lipinski definition) is 0. The number of hydrogen-bond acceptors (Lipinski definition) is 0. The molecule has 22 heavy (non-hydrogen) atoms. The molecule has 4 bridgehead atoms. The summed E-state index contributed by atoms with van der Waals surface area (Å²) >= 11 is 4.25. The normalized spacial score (nSPS) is 54.1. The van der Waals surface area contributed by atoms with Crippen LogP contribution in [0.15, 0.2) is 0 Å². The Bertz CT molecular complexity index is 428. The lowest BCUT2D eigenvalue weighted by molar-refractivity contribution is -0.106. The average Bonchev–Trinajstić information content (AvgIpc) is 2.45. The van der Waals surface area contributed by atoms with E-state index in [1.807, 2.05) is 0 Å². The largest absolute Gasteiger partial charge is 0.229 e. The summed E-state index contributed by atoms with van der Waals surface area (Å²) in [5.41, 5.74) is 2.04. The molecule has 0 aromatic heterocycles. The van der Waals surface area contributed by atoms with Gasteiger partial charge in [0.2, 0.25) is 5.54 Å². The van der Waals surface area contributed by atoms with Gasteiger partial charge in [-0.1, -0.05) is 54.4 Å². The average molecular weight is 365 g/mol. The van der Waals surface area contributed by atoms with Crippen LogP contribution >= 0.6 is 15.8 Å². The molecule has 0 amide bonds. The lowest BCUT2D eigenvalue weighted by Crippen LogP contribution is -2.58. The first kappa shape index (κ1) is 16.0. The second kappa shape index (κ2) is 4.80. The van der Waals surface area contributed by atoms with Crippen molar-refractivity contribution in [1.82, 2.24) is 0 Å². The second-order valence-corrected chi connectivity index (χ2v) is 11.7. The topological polar surface area (TPSA) is 0 Å². The van der Waals surface area contributed by atoms with Crippen LogP contribution in [0.2, 0.25) is 11.6 Å². The van der Waals surface area contributed by atoms with Crippen LogP contribution < -0.4 is 0 Å². The molecule has 0 radical (unpaired) electrons. The van der Waals surface area contributed by atoms with Crippen molar-refractivity contribution in [2.45, 2.75) is 78.9 Å². The summed E-state index contributed by atoms with van der Waals surface area (Å²) in [6.07, 6.45) is 6.01. The van der Waals surface area contributed by atoms with E-state index in [0.29, 0.717) is 10.8 Å². The summed E-state index contributed by atoms with van der Waals surface area (Å²) in [6.45, 7) is 15.3. The third kappa shape index (κ3) is 1.88. The van der Waals surface area contributed by atoms with E-state index in [2.05, 4.69) is 57.3 Å². The van der Waals surface area contributed by atoms with Crippen molar-refractivity contribution >= 4 is 21.3 Å². The maximum Gasteiger partial charge on any atom is 0.229 e. The molecule has 0 aromatic carbocycles. The highest BCUT2D eigenvalue weighted by molar-refractivity contribution is 9.24. The SMILES string of the molecule is C[C@H]1[C@H]2C[C@H](C[C@H]1B(Br)[C@@H]1C[C@H]3C[C@H]([C@@H]1C)C3(C)C)C2(C)C. The molecule has 0 aliphatic heterocycles. The maximum atomic E-state index is 4.25. The second-order valence-electron chi connectivity index (χ2n) is 10.7. The molecule has 0 saturated heterocycles.